The molecule has 0 radical (unpaired) electrons. The Labute approximate surface area is 59.4 Å². The molecule has 0 bridgehead atoms. The van der Waals surface area contributed by atoms with Gasteiger partial charge in [-0.1, -0.05) is 0 Å². The van der Waals surface area contributed by atoms with E-state index in [4.69, 9.17) is 11.1 Å². The van der Waals surface area contributed by atoms with Crippen molar-refractivity contribution in [2.75, 3.05) is 13.6 Å². The van der Waals surface area contributed by atoms with Gasteiger partial charge in [-0.2, -0.15) is 5.10 Å². The van der Waals surface area contributed by atoms with Crippen LogP contribution in [0.4, 0.5) is 0 Å². The van der Waals surface area contributed by atoms with E-state index in [0.717, 1.165) is 6.54 Å². The standard InChI is InChI=1S/C5H11N5/c1-10-3-4(2-8-10)9-5(6)7/h2,4H,3H2,1H3,(H4,6,7,9). The first-order chi connectivity index (χ1) is 4.68. The molecule has 4 N–H and O–H groups in total. The Morgan fingerprint density at radius 2 is 2.70 bits per heavy atom. The van der Waals surface area contributed by atoms with Crippen molar-refractivity contribution in [3.05, 3.63) is 0 Å². The van der Waals surface area contributed by atoms with Gasteiger partial charge in [0.1, 0.15) is 0 Å². The fourth-order valence-electron chi connectivity index (χ4n) is 0.856. The molecule has 0 saturated carbocycles. The number of nitrogens with one attached hydrogen (secondary N) is 2. The Hall–Kier alpha value is -1.26. The molecule has 5 heteroatoms. The largest absolute Gasteiger partial charge is 0.370 e. The molecule has 56 valence electrons. The lowest BCUT2D eigenvalue weighted by Crippen LogP contribution is -2.42. The third-order valence-electron chi connectivity index (χ3n) is 1.25. The highest BCUT2D eigenvalue weighted by molar-refractivity contribution is 5.80. The minimum absolute atomic E-state index is 0.00764. The van der Waals surface area contributed by atoms with Gasteiger partial charge in [0, 0.05) is 13.3 Å². The first-order valence-electron chi connectivity index (χ1n) is 3.04. The van der Waals surface area contributed by atoms with Crippen LogP contribution < -0.4 is 11.1 Å². The molecular formula is C5H11N5. The van der Waals surface area contributed by atoms with Gasteiger partial charge in [-0.15, -0.1) is 0 Å². The molecule has 0 aromatic carbocycles. The zero-order chi connectivity index (χ0) is 7.56. The Morgan fingerprint density at radius 3 is 3.10 bits per heavy atom. The van der Waals surface area contributed by atoms with Crippen LogP contribution >= 0.6 is 0 Å². The summed E-state index contributed by atoms with van der Waals surface area (Å²) in [5.74, 6) is -0.00764. The number of hydrazone groups is 1. The number of hydrogen-bond donors (Lipinski definition) is 3. The van der Waals surface area contributed by atoms with Crippen molar-refractivity contribution in [1.29, 1.82) is 5.41 Å². The topological polar surface area (TPSA) is 77.5 Å². The van der Waals surface area contributed by atoms with E-state index >= 15 is 0 Å². The number of nitrogens with zero attached hydrogens (tertiary/aromatic N) is 2. The SMILES string of the molecule is CN1CC(NC(=N)N)C=N1. The minimum Gasteiger partial charge on any atom is -0.370 e. The summed E-state index contributed by atoms with van der Waals surface area (Å²) in [5.41, 5.74) is 5.11. The van der Waals surface area contributed by atoms with Gasteiger partial charge in [-0.25, -0.2) is 0 Å². The van der Waals surface area contributed by atoms with Crippen LogP contribution in [0.25, 0.3) is 0 Å². The molecule has 0 aromatic heterocycles. The van der Waals surface area contributed by atoms with E-state index < -0.39 is 0 Å². The van der Waals surface area contributed by atoms with Crippen LogP contribution in [0.5, 0.6) is 0 Å². The Kier molecular flexibility index (Phi) is 1.75. The lowest BCUT2D eigenvalue weighted by atomic mass is 10.3. The average Bonchev–Trinajstić information content (AvgIpc) is 2.13. The molecule has 0 saturated heterocycles. The number of rotatable bonds is 1. The van der Waals surface area contributed by atoms with Gasteiger partial charge in [0.05, 0.1) is 12.6 Å². The van der Waals surface area contributed by atoms with Crippen molar-refractivity contribution < 1.29 is 0 Å². The van der Waals surface area contributed by atoms with E-state index in [-0.39, 0.29) is 12.0 Å². The molecule has 1 unspecified atom stereocenters. The summed E-state index contributed by atoms with van der Waals surface area (Å²) in [6.07, 6.45) is 1.74. The third-order valence-corrected chi connectivity index (χ3v) is 1.25. The summed E-state index contributed by atoms with van der Waals surface area (Å²) in [6.45, 7) is 0.777. The van der Waals surface area contributed by atoms with E-state index in [2.05, 4.69) is 10.4 Å². The minimum atomic E-state index is -0.00764. The summed E-state index contributed by atoms with van der Waals surface area (Å²) in [7, 11) is 1.87. The number of hydrogen-bond acceptors (Lipinski definition) is 3. The maximum absolute atomic E-state index is 6.91. The summed E-state index contributed by atoms with van der Waals surface area (Å²) >= 11 is 0. The molecule has 0 spiro atoms. The summed E-state index contributed by atoms with van der Waals surface area (Å²) in [4.78, 5) is 0. The molecule has 0 aromatic rings. The molecule has 1 aliphatic heterocycles. The highest BCUT2D eigenvalue weighted by Gasteiger charge is 2.13. The monoisotopic (exact) mass is 141 g/mol. The Balaban J connectivity index is 2.33. The van der Waals surface area contributed by atoms with Gasteiger partial charge >= 0.3 is 0 Å². The number of guanidine groups is 1. The lowest BCUT2D eigenvalue weighted by Gasteiger charge is -2.10. The van der Waals surface area contributed by atoms with Gasteiger partial charge < -0.3 is 11.1 Å². The van der Waals surface area contributed by atoms with Gasteiger partial charge in [0.25, 0.3) is 0 Å². The highest BCUT2D eigenvalue weighted by Crippen LogP contribution is 1.95. The van der Waals surface area contributed by atoms with Gasteiger partial charge in [-0.05, 0) is 0 Å². The van der Waals surface area contributed by atoms with Gasteiger partial charge in [-0.3, -0.25) is 10.4 Å². The number of nitrogens with two attached hydrogens (primary N) is 1. The summed E-state index contributed by atoms with van der Waals surface area (Å²) < 4.78 is 0. The highest BCUT2D eigenvalue weighted by atomic mass is 15.5. The van der Waals surface area contributed by atoms with Gasteiger partial charge in [0.15, 0.2) is 5.96 Å². The van der Waals surface area contributed by atoms with E-state index in [1.54, 1.807) is 11.2 Å². The zero-order valence-corrected chi connectivity index (χ0v) is 5.83. The lowest BCUT2D eigenvalue weighted by molar-refractivity contribution is 0.375. The molecular weight excluding hydrogens is 130 g/mol. The zero-order valence-electron chi connectivity index (χ0n) is 5.83. The van der Waals surface area contributed by atoms with Crippen LogP contribution in [0.3, 0.4) is 0 Å². The van der Waals surface area contributed by atoms with Gasteiger partial charge in [0.2, 0.25) is 0 Å². The van der Waals surface area contributed by atoms with Crippen LogP contribution in [0.2, 0.25) is 0 Å². The van der Waals surface area contributed by atoms with Crippen molar-refractivity contribution in [1.82, 2.24) is 10.3 Å². The van der Waals surface area contributed by atoms with Crippen LogP contribution in [-0.4, -0.2) is 36.8 Å². The van der Waals surface area contributed by atoms with E-state index in [1.165, 1.54) is 0 Å². The maximum atomic E-state index is 6.91. The van der Waals surface area contributed by atoms with Crippen molar-refractivity contribution >= 4 is 12.2 Å². The molecule has 1 heterocycles. The predicted octanol–water partition coefficient (Wildman–Crippen LogP) is -1.23. The fraction of sp³-hybridized carbons (Fsp3) is 0.600. The van der Waals surface area contributed by atoms with Crippen LogP contribution in [0, 0.1) is 5.41 Å². The first kappa shape index (κ1) is 6.85. The molecule has 0 fully saturated rings. The quantitative estimate of drug-likeness (QED) is 0.316. The molecule has 0 amide bonds. The Morgan fingerprint density at radius 1 is 2.00 bits per heavy atom. The maximum Gasteiger partial charge on any atom is 0.186 e. The predicted molar refractivity (Wildman–Crippen MR) is 40.0 cm³/mol. The fourth-order valence-corrected chi connectivity index (χ4v) is 0.856. The van der Waals surface area contributed by atoms with Crippen molar-refractivity contribution in [3.8, 4) is 0 Å². The van der Waals surface area contributed by atoms with Crippen LogP contribution in [0.15, 0.2) is 5.10 Å². The van der Waals surface area contributed by atoms with Crippen LogP contribution in [0.1, 0.15) is 0 Å². The molecule has 0 aliphatic carbocycles. The average molecular weight is 141 g/mol. The van der Waals surface area contributed by atoms with E-state index in [9.17, 15) is 0 Å². The molecule has 1 aliphatic rings. The molecule has 1 atom stereocenters. The smallest absolute Gasteiger partial charge is 0.186 e. The first-order valence-corrected chi connectivity index (χ1v) is 3.04. The van der Waals surface area contributed by atoms with E-state index in [1.807, 2.05) is 7.05 Å². The molecule has 1 rings (SSSR count). The second kappa shape index (κ2) is 2.55. The number of likely N-dealkylation sites (N-methyl/N-ethyl adjacent to an activating group) is 1. The van der Waals surface area contributed by atoms with Crippen LogP contribution in [-0.2, 0) is 0 Å². The Bertz CT molecular complexity index is 163. The normalized spacial score (nSPS) is 23.3. The van der Waals surface area contributed by atoms with Crippen molar-refractivity contribution in [2.45, 2.75) is 6.04 Å². The van der Waals surface area contributed by atoms with E-state index in [0.29, 0.717) is 0 Å². The van der Waals surface area contributed by atoms with Crippen molar-refractivity contribution in [3.63, 3.8) is 0 Å². The third kappa shape index (κ3) is 1.61. The summed E-state index contributed by atoms with van der Waals surface area (Å²) in [6, 6.07) is 0.0995. The molecule has 5 nitrogen and oxygen atoms in total. The second-order valence-corrected chi connectivity index (χ2v) is 2.27. The second-order valence-electron chi connectivity index (χ2n) is 2.27. The summed E-state index contributed by atoms with van der Waals surface area (Å²) in [5, 5.41) is 15.4. The molecule has 10 heavy (non-hydrogen) atoms. The van der Waals surface area contributed by atoms with Crippen molar-refractivity contribution in [2.24, 2.45) is 10.8 Å².